The van der Waals surface area contributed by atoms with Crippen molar-refractivity contribution in [3.63, 3.8) is 0 Å². The number of carbonyl (C=O) groups is 1. The van der Waals surface area contributed by atoms with Crippen LogP contribution in [0.2, 0.25) is 0 Å². The zero-order valence-electron chi connectivity index (χ0n) is 10.6. The second kappa shape index (κ2) is 4.29. The van der Waals surface area contributed by atoms with E-state index in [4.69, 9.17) is 0 Å². The molecule has 0 saturated heterocycles. The van der Waals surface area contributed by atoms with Crippen LogP contribution in [0.4, 0.5) is 18.9 Å². The Hall–Kier alpha value is -1.98. The predicted octanol–water partition coefficient (Wildman–Crippen LogP) is 3.36. The van der Waals surface area contributed by atoms with Gasteiger partial charge in [-0.15, -0.1) is 13.2 Å². The summed E-state index contributed by atoms with van der Waals surface area (Å²) in [6.07, 6.45) is -4.74. The molecular formula is C13H12F3NO2. The highest BCUT2D eigenvalue weighted by molar-refractivity contribution is 6.33. The van der Waals surface area contributed by atoms with E-state index in [1.807, 2.05) is 0 Å². The van der Waals surface area contributed by atoms with Crippen LogP contribution in [-0.2, 0) is 4.79 Å². The van der Waals surface area contributed by atoms with E-state index in [0.717, 1.165) is 5.57 Å². The highest BCUT2D eigenvalue weighted by Gasteiger charge is 2.34. The minimum Gasteiger partial charge on any atom is -0.406 e. The standard InChI is InChI=1S/C13H12F3NO2/c1-7(2)11-9-6-8(19-13(14,15)16)4-5-10(9)17(3)12(11)18/h4-6H,1-3H3. The molecule has 0 radical (unpaired) electrons. The molecule has 0 unspecified atom stereocenters. The Morgan fingerprint density at radius 1 is 1.26 bits per heavy atom. The van der Waals surface area contributed by atoms with E-state index < -0.39 is 6.36 Å². The van der Waals surface area contributed by atoms with Gasteiger partial charge in [-0.1, -0.05) is 5.57 Å². The van der Waals surface area contributed by atoms with E-state index >= 15 is 0 Å². The van der Waals surface area contributed by atoms with Crippen LogP contribution in [0.3, 0.4) is 0 Å². The molecule has 1 aromatic rings. The Balaban J connectivity index is 2.52. The van der Waals surface area contributed by atoms with E-state index in [-0.39, 0.29) is 11.7 Å². The maximum absolute atomic E-state index is 12.2. The molecule has 0 spiro atoms. The molecule has 19 heavy (non-hydrogen) atoms. The van der Waals surface area contributed by atoms with Crippen LogP contribution in [0.1, 0.15) is 19.4 Å². The first-order chi connectivity index (χ1) is 8.70. The van der Waals surface area contributed by atoms with Crippen molar-refractivity contribution in [3.05, 3.63) is 29.3 Å². The van der Waals surface area contributed by atoms with E-state index in [9.17, 15) is 18.0 Å². The van der Waals surface area contributed by atoms with Crippen molar-refractivity contribution in [3.8, 4) is 5.75 Å². The molecule has 1 aliphatic heterocycles. The maximum Gasteiger partial charge on any atom is 0.573 e. The molecule has 0 aliphatic carbocycles. The molecule has 0 aromatic heterocycles. The lowest BCUT2D eigenvalue weighted by atomic mass is 10.0. The van der Waals surface area contributed by atoms with Crippen LogP contribution in [0.15, 0.2) is 23.8 Å². The fraction of sp³-hybridized carbons (Fsp3) is 0.308. The van der Waals surface area contributed by atoms with Crippen molar-refractivity contribution in [1.82, 2.24) is 0 Å². The third kappa shape index (κ3) is 2.43. The second-order valence-corrected chi connectivity index (χ2v) is 4.47. The van der Waals surface area contributed by atoms with Crippen LogP contribution in [0.5, 0.6) is 5.75 Å². The van der Waals surface area contributed by atoms with Gasteiger partial charge < -0.3 is 9.64 Å². The number of nitrogens with zero attached hydrogens (tertiary/aromatic N) is 1. The SMILES string of the molecule is CC(C)=C1C(=O)N(C)c2ccc(OC(F)(F)F)cc21. The van der Waals surface area contributed by atoms with Crippen molar-refractivity contribution in [1.29, 1.82) is 0 Å². The fourth-order valence-electron chi connectivity index (χ4n) is 2.08. The molecule has 0 bridgehead atoms. The minimum absolute atomic E-state index is 0.223. The summed E-state index contributed by atoms with van der Waals surface area (Å²) >= 11 is 0. The van der Waals surface area contributed by atoms with Gasteiger partial charge in [0, 0.05) is 18.2 Å². The second-order valence-electron chi connectivity index (χ2n) is 4.47. The van der Waals surface area contributed by atoms with Gasteiger partial charge in [0.1, 0.15) is 5.75 Å². The van der Waals surface area contributed by atoms with Gasteiger partial charge in [-0.25, -0.2) is 0 Å². The normalized spacial score (nSPS) is 14.7. The molecule has 0 fully saturated rings. The number of hydrogen-bond donors (Lipinski definition) is 0. The van der Waals surface area contributed by atoms with Crippen molar-refractivity contribution in [2.24, 2.45) is 0 Å². The van der Waals surface area contributed by atoms with Crippen LogP contribution in [0.25, 0.3) is 5.57 Å². The first-order valence-corrected chi connectivity index (χ1v) is 5.56. The Kier molecular flexibility index (Phi) is 3.04. The molecule has 102 valence electrons. The predicted molar refractivity (Wildman–Crippen MR) is 64.8 cm³/mol. The highest BCUT2D eigenvalue weighted by Crippen LogP contribution is 2.40. The molecular weight excluding hydrogens is 259 g/mol. The zero-order valence-corrected chi connectivity index (χ0v) is 10.6. The molecule has 3 nitrogen and oxygen atoms in total. The summed E-state index contributed by atoms with van der Waals surface area (Å²) in [5, 5.41) is 0. The summed E-state index contributed by atoms with van der Waals surface area (Å²) in [5.41, 5.74) is 2.22. The summed E-state index contributed by atoms with van der Waals surface area (Å²) < 4.78 is 40.4. The van der Waals surface area contributed by atoms with Gasteiger partial charge in [0.25, 0.3) is 5.91 Å². The number of anilines is 1. The molecule has 2 rings (SSSR count). The van der Waals surface area contributed by atoms with Gasteiger partial charge in [0.15, 0.2) is 0 Å². The molecule has 6 heteroatoms. The van der Waals surface area contributed by atoms with E-state index in [2.05, 4.69) is 4.74 Å². The quantitative estimate of drug-likeness (QED) is 0.733. The van der Waals surface area contributed by atoms with Gasteiger partial charge in [0.2, 0.25) is 0 Å². The fourth-order valence-corrected chi connectivity index (χ4v) is 2.08. The molecule has 1 amide bonds. The summed E-state index contributed by atoms with van der Waals surface area (Å²) in [6, 6.07) is 3.89. The smallest absolute Gasteiger partial charge is 0.406 e. The number of benzene rings is 1. The van der Waals surface area contributed by atoms with Gasteiger partial charge >= 0.3 is 6.36 Å². The summed E-state index contributed by atoms with van der Waals surface area (Å²) in [4.78, 5) is 13.4. The number of rotatable bonds is 1. The molecule has 0 N–H and O–H groups in total. The Morgan fingerprint density at radius 3 is 2.42 bits per heavy atom. The lowest BCUT2D eigenvalue weighted by Crippen LogP contribution is -2.20. The average Bonchev–Trinajstić information content (AvgIpc) is 2.49. The zero-order chi connectivity index (χ0) is 14.4. The number of ether oxygens (including phenoxy) is 1. The van der Waals surface area contributed by atoms with Crippen molar-refractivity contribution in [2.45, 2.75) is 20.2 Å². The topological polar surface area (TPSA) is 29.5 Å². The summed E-state index contributed by atoms with van der Waals surface area (Å²) in [5.74, 6) is -0.549. The van der Waals surface area contributed by atoms with Crippen molar-refractivity contribution >= 4 is 17.2 Å². The first-order valence-electron chi connectivity index (χ1n) is 5.56. The van der Waals surface area contributed by atoms with E-state index in [0.29, 0.717) is 16.8 Å². The van der Waals surface area contributed by atoms with Gasteiger partial charge in [-0.3, -0.25) is 4.79 Å². The number of carbonyl (C=O) groups excluding carboxylic acids is 1. The number of alkyl halides is 3. The number of fused-ring (bicyclic) bond motifs is 1. The number of likely N-dealkylation sites (N-methyl/N-ethyl adjacent to an activating group) is 1. The summed E-state index contributed by atoms with van der Waals surface area (Å²) in [7, 11) is 1.58. The molecule has 0 saturated carbocycles. The van der Waals surface area contributed by atoms with Gasteiger partial charge in [-0.05, 0) is 32.0 Å². The minimum atomic E-state index is -4.74. The maximum atomic E-state index is 12.2. The monoisotopic (exact) mass is 271 g/mol. The third-order valence-electron chi connectivity index (χ3n) is 2.85. The largest absolute Gasteiger partial charge is 0.573 e. The number of halogens is 3. The first kappa shape index (κ1) is 13.5. The van der Waals surface area contributed by atoms with Crippen LogP contribution in [-0.4, -0.2) is 19.3 Å². The van der Waals surface area contributed by atoms with Crippen LogP contribution in [0, 0.1) is 0 Å². The van der Waals surface area contributed by atoms with E-state index in [1.165, 1.54) is 23.1 Å². The average molecular weight is 271 g/mol. The van der Waals surface area contributed by atoms with Crippen LogP contribution >= 0.6 is 0 Å². The van der Waals surface area contributed by atoms with Crippen LogP contribution < -0.4 is 9.64 Å². The number of hydrogen-bond acceptors (Lipinski definition) is 2. The van der Waals surface area contributed by atoms with Crippen molar-refractivity contribution in [2.75, 3.05) is 11.9 Å². The molecule has 1 aromatic carbocycles. The number of amides is 1. The summed E-state index contributed by atoms with van der Waals surface area (Å²) in [6.45, 7) is 3.49. The Morgan fingerprint density at radius 2 is 1.89 bits per heavy atom. The van der Waals surface area contributed by atoms with Gasteiger partial charge in [0.05, 0.1) is 5.69 Å². The van der Waals surface area contributed by atoms with Crippen molar-refractivity contribution < 1.29 is 22.7 Å². The Bertz CT molecular complexity index is 572. The molecule has 1 heterocycles. The number of allylic oxidation sites excluding steroid dienone is 1. The molecule has 0 atom stereocenters. The molecule has 1 aliphatic rings. The van der Waals surface area contributed by atoms with E-state index in [1.54, 1.807) is 20.9 Å². The Labute approximate surface area is 108 Å². The van der Waals surface area contributed by atoms with Gasteiger partial charge in [-0.2, -0.15) is 0 Å². The lowest BCUT2D eigenvalue weighted by molar-refractivity contribution is -0.274. The lowest BCUT2D eigenvalue weighted by Gasteiger charge is -2.11. The third-order valence-corrected chi connectivity index (χ3v) is 2.85. The highest BCUT2D eigenvalue weighted by atomic mass is 19.4.